The summed E-state index contributed by atoms with van der Waals surface area (Å²) < 4.78 is 12.8. The Morgan fingerprint density at radius 3 is 2.75 bits per heavy atom. The molecule has 2 rings (SSSR count). The molecular formula is C14H15FN4O. The second kappa shape index (κ2) is 6.10. The van der Waals surface area contributed by atoms with Crippen molar-refractivity contribution < 1.29 is 4.39 Å². The van der Waals surface area contributed by atoms with Gasteiger partial charge in [-0.3, -0.25) is 9.79 Å². The zero-order chi connectivity index (χ0) is 14.5. The minimum absolute atomic E-state index is 0.259. The summed E-state index contributed by atoms with van der Waals surface area (Å²) in [6.45, 7) is 2.18. The highest BCUT2D eigenvalue weighted by Crippen LogP contribution is 2.04. The summed E-state index contributed by atoms with van der Waals surface area (Å²) in [7, 11) is 0. The Hall–Kier alpha value is -2.50. The number of halogens is 1. The molecule has 0 unspecified atom stereocenters. The lowest BCUT2D eigenvalue weighted by molar-refractivity contribution is 0.627. The van der Waals surface area contributed by atoms with Crippen molar-refractivity contribution >= 4 is 5.84 Å². The Bertz CT molecular complexity index is 676. The zero-order valence-electron chi connectivity index (χ0n) is 11.1. The van der Waals surface area contributed by atoms with E-state index >= 15 is 0 Å². The van der Waals surface area contributed by atoms with Gasteiger partial charge in [0.15, 0.2) is 0 Å². The molecule has 1 heterocycles. The van der Waals surface area contributed by atoms with E-state index in [1.165, 1.54) is 18.3 Å². The molecular weight excluding hydrogens is 259 g/mol. The number of nitrogens with two attached hydrogens (primary N) is 1. The molecule has 0 atom stereocenters. The van der Waals surface area contributed by atoms with Crippen LogP contribution in [0.4, 0.5) is 4.39 Å². The summed E-state index contributed by atoms with van der Waals surface area (Å²) in [5.74, 6) is 0.0192. The largest absolute Gasteiger partial charge is 0.382 e. The number of nitrogens with one attached hydrogen (secondary N) is 1. The van der Waals surface area contributed by atoms with E-state index in [4.69, 9.17) is 5.73 Å². The van der Waals surface area contributed by atoms with Gasteiger partial charge in [-0.25, -0.2) is 9.37 Å². The lowest BCUT2D eigenvalue weighted by atomic mass is 10.1. The first-order chi connectivity index (χ1) is 9.56. The van der Waals surface area contributed by atoms with Gasteiger partial charge < -0.3 is 10.7 Å². The minimum Gasteiger partial charge on any atom is -0.382 e. The average Bonchev–Trinajstić information content (AvgIpc) is 2.41. The van der Waals surface area contributed by atoms with Crippen LogP contribution in [0, 0.1) is 12.7 Å². The van der Waals surface area contributed by atoms with Crippen molar-refractivity contribution in [2.45, 2.75) is 13.3 Å². The van der Waals surface area contributed by atoms with Gasteiger partial charge in [-0.1, -0.05) is 12.1 Å². The van der Waals surface area contributed by atoms with Crippen LogP contribution in [0.5, 0.6) is 0 Å². The summed E-state index contributed by atoms with van der Waals surface area (Å²) in [5, 5.41) is 0. The van der Waals surface area contributed by atoms with E-state index < -0.39 is 0 Å². The van der Waals surface area contributed by atoms with Gasteiger partial charge >= 0.3 is 0 Å². The fourth-order valence-corrected chi connectivity index (χ4v) is 1.79. The molecule has 2 aromatic rings. The first-order valence-corrected chi connectivity index (χ1v) is 6.17. The topological polar surface area (TPSA) is 84.1 Å². The summed E-state index contributed by atoms with van der Waals surface area (Å²) in [6, 6.07) is 6.25. The maximum Gasteiger partial charge on any atom is 0.266 e. The van der Waals surface area contributed by atoms with Gasteiger partial charge in [0.1, 0.15) is 17.3 Å². The highest BCUT2D eigenvalue weighted by atomic mass is 19.1. The highest BCUT2D eigenvalue weighted by molar-refractivity contribution is 5.96. The molecule has 0 aliphatic carbocycles. The molecule has 0 amide bonds. The monoisotopic (exact) mass is 274 g/mol. The number of benzene rings is 1. The van der Waals surface area contributed by atoms with E-state index in [1.54, 1.807) is 19.1 Å². The zero-order valence-corrected chi connectivity index (χ0v) is 11.1. The van der Waals surface area contributed by atoms with Gasteiger partial charge in [0.2, 0.25) is 0 Å². The molecule has 0 radical (unpaired) electrons. The molecule has 6 heteroatoms. The predicted octanol–water partition coefficient (Wildman–Crippen LogP) is 1.17. The molecule has 3 N–H and O–H groups in total. The average molecular weight is 274 g/mol. The van der Waals surface area contributed by atoms with Crippen LogP contribution in [0.2, 0.25) is 0 Å². The fraction of sp³-hybridized carbons (Fsp3) is 0.214. The third kappa shape index (κ3) is 3.50. The van der Waals surface area contributed by atoms with Gasteiger partial charge in [-0.15, -0.1) is 0 Å². The van der Waals surface area contributed by atoms with Crippen LogP contribution in [-0.4, -0.2) is 22.3 Å². The molecule has 1 aromatic heterocycles. The van der Waals surface area contributed by atoms with E-state index in [9.17, 15) is 9.18 Å². The van der Waals surface area contributed by atoms with Crippen molar-refractivity contribution in [3.63, 3.8) is 0 Å². The smallest absolute Gasteiger partial charge is 0.266 e. The van der Waals surface area contributed by atoms with Crippen molar-refractivity contribution in [1.29, 1.82) is 0 Å². The number of hydrogen-bond acceptors (Lipinski definition) is 3. The number of rotatable bonds is 4. The van der Waals surface area contributed by atoms with E-state index in [0.29, 0.717) is 24.4 Å². The van der Waals surface area contributed by atoms with Crippen LogP contribution < -0.4 is 11.3 Å². The van der Waals surface area contributed by atoms with Gasteiger partial charge in [0.25, 0.3) is 5.56 Å². The van der Waals surface area contributed by atoms with Crippen LogP contribution in [0.3, 0.4) is 0 Å². The third-order valence-corrected chi connectivity index (χ3v) is 2.82. The summed E-state index contributed by atoms with van der Waals surface area (Å²) >= 11 is 0. The van der Waals surface area contributed by atoms with Crippen molar-refractivity contribution in [3.05, 3.63) is 63.6 Å². The highest BCUT2D eigenvalue weighted by Gasteiger charge is 2.05. The number of hydrogen-bond donors (Lipinski definition) is 2. The fourth-order valence-electron chi connectivity index (χ4n) is 1.79. The summed E-state index contributed by atoms with van der Waals surface area (Å²) in [4.78, 5) is 21.9. The maximum atomic E-state index is 12.8. The molecule has 1 aromatic carbocycles. The first kappa shape index (κ1) is 13.9. The minimum atomic E-state index is -0.273. The van der Waals surface area contributed by atoms with Gasteiger partial charge in [-0.2, -0.15) is 0 Å². The van der Waals surface area contributed by atoms with E-state index in [1.807, 2.05) is 0 Å². The Morgan fingerprint density at radius 1 is 1.40 bits per heavy atom. The molecule has 0 spiro atoms. The van der Waals surface area contributed by atoms with Gasteiger partial charge in [0, 0.05) is 12.2 Å². The quantitative estimate of drug-likeness (QED) is 0.648. The lowest BCUT2D eigenvalue weighted by Gasteiger charge is -2.03. The SMILES string of the molecule is Cc1[nH]c(=O)cnc1C(N)=NCCc1ccc(F)cc1. The molecule has 104 valence electrons. The number of aliphatic imine (C=N–C) groups is 1. The molecule has 0 aliphatic rings. The molecule has 0 aliphatic heterocycles. The number of aromatic amines is 1. The van der Waals surface area contributed by atoms with Crippen LogP contribution >= 0.6 is 0 Å². The van der Waals surface area contributed by atoms with Gasteiger partial charge in [0.05, 0.1) is 6.20 Å². The summed E-state index contributed by atoms with van der Waals surface area (Å²) in [5.41, 5.74) is 7.61. The molecule has 0 saturated carbocycles. The van der Waals surface area contributed by atoms with Crippen LogP contribution in [0.1, 0.15) is 17.0 Å². The molecule has 0 saturated heterocycles. The molecule has 20 heavy (non-hydrogen) atoms. The lowest BCUT2D eigenvalue weighted by Crippen LogP contribution is -2.21. The molecule has 0 fully saturated rings. The van der Waals surface area contributed by atoms with E-state index in [2.05, 4.69) is 15.0 Å². The Kier molecular flexibility index (Phi) is 4.24. The molecule has 5 nitrogen and oxygen atoms in total. The van der Waals surface area contributed by atoms with E-state index in [0.717, 1.165) is 5.56 Å². The number of aryl methyl sites for hydroxylation is 1. The first-order valence-electron chi connectivity index (χ1n) is 6.17. The predicted molar refractivity (Wildman–Crippen MR) is 75.3 cm³/mol. The molecule has 0 bridgehead atoms. The number of amidine groups is 1. The maximum absolute atomic E-state index is 12.8. The third-order valence-electron chi connectivity index (χ3n) is 2.82. The van der Waals surface area contributed by atoms with Crippen molar-refractivity contribution in [3.8, 4) is 0 Å². The van der Waals surface area contributed by atoms with E-state index in [-0.39, 0.29) is 17.2 Å². The second-order valence-electron chi connectivity index (χ2n) is 4.36. The van der Waals surface area contributed by atoms with Crippen LogP contribution in [-0.2, 0) is 6.42 Å². The number of nitrogens with zero attached hydrogens (tertiary/aromatic N) is 2. The standard InChI is InChI=1S/C14H15FN4O/c1-9-13(18-8-12(20)19-9)14(16)17-7-6-10-2-4-11(15)5-3-10/h2-5,8H,6-7H2,1H3,(H2,16,17)(H,19,20). The number of H-pyrrole nitrogens is 1. The number of aromatic nitrogens is 2. The Morgan fingerprint density at radius 2 is 2.10 bits per heavy atom. The van der Waals surface area contributed by atoms with Crippen LogP contribution in [0.15, 0.2) is 40.2 Å². The Labute approximate surface area is 115 Å². The van der Waals surface area contributed by atoms with Crippen LogP contribution in [0.25, 0.3) is 0 Å². The van der Waals surface area contributed by atoms with Crippen molar-refractivity contribution in [2.75, 3.05) is 6.54 Å². The van der Waals surface area contributed by atoms with Gasteiger partial charge in [-0.05, 0) is 31.0 Å². The second-order valence-corrected chi connectivity index (χ2v) is 4.36. The Balaban J connectivity index is 2.03. The normalized spacial score (nSPS) is 11.6. The summed E-state index contributed by atoms with van der Waals surface area (Å²) in [6.07, 6.45) is 1.83. The van der Waals surface area contributed by atoms with Crippen molar-refractivity contribution in [1.82, 2.24) is 9.97 Å². The van der Waals surface area contributed by atoms with Crippen molar-refractivity contribution in [2.24, 2.45) is 10.7 Å².